The van der Waals surface area contributed by atoms with Crippen LogP contribution in [0.1, 0.15) is 27.7 Å². The molecule has 1 aromatic heterocycles. The minimum Gasteiger partial charge on any atom is -0.399 e. The van der Waals surface area contributed by atoms with Crippen LogP contribution in [-0.2, 0) is 9.31 Å². The molecule has 0 spiro atoms. The molecule has 7 heteroatoms. The van der Waals surface area contributed by atoms with E-state index in [0.717, 1.165) is 37.3 Å². The second-order valence-electron chi connectivity index (χ2n) is 7.36. The molecule has 3 rings (SSSR count). The standard InChI is InChI=1S/C16H26BN3O2.ClH/c1-15(2)16(3,4)22-17(21-15)13-10-14(12-18-11-13)20-8-6-19(5)7-9-20;/h10-12H,6-9H2,1-5H3;1H. The first kappa shape index (κ1) is 18.5. The van der Waals surface area contributed by atoms with E-state index in [0.29, 0.717) is 0 Å². The van der Waals surface area contributed by atoms with E-state index in [9.17, 15) is 0 Å². The van der Waals surface area contributed by atoms with Crippen LogP contribution >= 0.6 is 12.4 Å². The van der Waals surface area contributed by atoms with E-state index in [1.54, 1.807) is 0 Å². The van der Waals surface area contributed by atoms with Gasteiger partial charge in [0.25, 0.3) is 0 Å². The molecule has 0 radical (unpaired) electrons. The highest BCUT2D eigenvalue weighted by atomic mass is 35.5. The summed E-state index contributed by atoms with van der Waals surface area (Å²) in [7, 11) is 1.82. The van der Waals surface area contributed by atoms with E-state index in [4.69, 9.17) is 9.31 Å². The summed E-state index contributed by atoms with van der Waals surface area (Å²) in [6.07, 6.45) is 3.78. The van der Waals surface area contributed by atoms with Crippen LogP contribution in [0.2, 0.25) is 0 Å². The quantitative estimate of drug-likeness (QED) is 0.764. The highest BCUT2D eigenvalue weighted by Gasteiger charge is 2.51. The van der Waals surface area contributed by atoms with E-state index < -0.39 is 0 Å². The Balaban J connectivity index is 0.00000192. The molecule has 0 bridgehead atoms. The van der Waals surface area contributed by atoms with Crippen molar-refractivity contribution in [3.8, 4) is 0 Å². The van der Waals surface area contributed by atoms with E-state index in [2.05, 4.69) is 55.6 Å². The summed E-state index contributed by atoms with van der Waals surface area (Å²) in [5.41, 5.74) is 1.51. The molecule has 0 atom stereocenters. The van der Waals surface area contributed by atoms with E-state index in [1.807, 2.05) is 12.4 Å². The van der Waals surface area contributed by atoms with Crippen molar-refractivity contribution in [1.29, 1.82) is 0 Å². The largest absolute Gasteiger partial charge is 0.496 e. The van der Waals surface area contributed by atoms with Gasteiger partial charge in [0.2, 0.25) is 0 Å². The average Bonchev–Trinajstić information content (AvgIpc) is 2.68. The van der Waals surface area contributed by atoms with Gasteiger partial charge in [-0.15, -0.1) is 12.4 Å². The lowest BCUT2D eigenvalue weighted by Crippen LogP contribution is -2.45. The van der Waals surface area contributed by atoms with E-state index in [1.165, 1.54) is 0 Å². The molecule has 0 aliphatic carbocycles. The van der Waals surface area contributed by atoms with Crippen LogP contribution in [0.15, 0.2) is 18.5 Å². The average molecular weight is 340 g/mol. The molecule has 2 fully saturated rings. The van der Waals surface area contributed by atoms with E-state index in [-0.39, 0.29) is 30.7 Å². The van der Waals surface area contributed by atoms with Crippen molar-refractivity contribution in [3.63, 3.8) is 0 Å². The minimum absolute atomic E-state index is 0. The maximum absolute atomic E-state index is 6.12. The number of piperazine rings is 1. The highest BCUT2D eigenvalue weighted by molar-refractivity contribution is 6.62. The van der Waals surface area contributed by atoms with Gasteiger partial charge in [-0.25, -0.2) is 0 Å². The minimum atomic E-state index is -0.343. The lowest BCUT2D eigenvalue weighted by Gasteiger charge is -2.34. The molecule has 0 unspecified atom stereocenters. The summed E-state index contributed by atoms with van der Waals surface area (Å²) in [4.78, 5) is 9.13. The maximum atomic E-state index is 6.12. The predicted molar refractivity (Wildman–Crippen MR) is 96.9 cm³/mol. The number of likely N-dealkylation sites (N-methyl/N-ethyl adjacent to an activating group) is 1. The van der Waals surface area contributed by atoms with Crippen LogP contribution in [0, 0.1) is 0 Å². The Hall–Kier alpha value is -0.815. The van der Waals surface area contributed by atoms with Crippen molar-refractivity contribution in [2.75, 3.05) is 38.1 Å². The van der Waals surface area contributed by atoms with Crippen LogP contribution in [-0.4, -0.2) is 61.4 Å². The summed E-state index contributed by atoms with van der Waals surface area (Å²) in [5, 5.41) is 0. The Labute approximate surface area is 145 Å². The first-order valence-electron chi connectivity index (χ1n) is 8.03. The van der Waals surface area contributed by atoms with Gasteiger partial charge in [-0.2, -0.15) is 0 Å². The van der Waals surface area contributed by atoms with Crippen molar-refractivity contribution in [2.24, 2.45) is 0 Å². The molecular weight excluding hydrogens is 312 g/mol. The molecule has 0 amide bonds. The Morgan fingerprint density at radius 3 is 2.13 bits per heavy atom. The van der Waals surface area contributed by atoms with Gasteiger partial charge in [0, 0.05) is 37.8 Å². The van der Waals surface area contributed by atoms with Crippen molar-refractivity contribution in [2.45, 2.75) is 38.9 Å². The number of anilines is 1. The fraction of sp³-hybridized carbons (Fsp3) is 0.688. The van der Waals surface area contributed by atoms with Crippen molar-refractivity contribution in [3.05, 3.63) is 18.5 Å². The molecule has 5 nitrogen and oxygen atoms in total. The van der Waals surface area contributed by atoms with Crippen LogP contribution in [0.4, 0.5) is 5.69 Å². The van der Waals surface area contributed by atoms with Crippen molar-refractivity contribution < 1.29 is 9.31 Å². The monoisotopic (exact) mass is 339 g/mol. The van der Waals surface area contributed by atoms with Gasteiger partial charge < -0.3 is 19.1 Å². The van der Waals surface area contributed by atoms with Gasteiger partial charge in [-0.3, -0.25) is 4.98 Å². The first-order chi connectivity index (χ1) is 10.3. The number of rotatable bonds is 2. The number of hydrogen-bond donors (Lipinski definition) is 0. The summed E-state index contributed by atoms with van der Waals surface area (Å²) in [6, 6.07) is 2.15. The van der Waals surface area contributed by atoms with Crippen LogP contribution in [0.5, 0.6) is 0 Å². The molecule has 2 saturated heterocycles. The Bertz CT molecular complexity index is 532. The van der Waals surface area contributed by atoms with Crippen LogP contribution in [0.3, 0.4) is 0 Å². The predicted octanol–water partition coefficient (Wildman–Crippen LogP) is 1.55. The molecule has 128 valence electrons. The number of hydrogen-bond acceptors (Lipinski definition) is 5. The zero-order chi connectivity index (χ0) is 16.0. The molecule has 2 aliphatic heterocycles. The Morgan fingerprint density at radius 1 is 1.00 bits per heavy atom. The summed E-state index contributed by atoms with van der Waals surface area (Å²) >= 11 is 0. The van der Waals surface area contributed by atoms with Crippen LogP contribution in [0.25, 0.3) is 0 Å². The number of aromatic nitrogens is 1. The van der Waals surface area contributed by atoms with Gasteiger partial charge in [0.1, 0.15) is 0 Å². The lowest BCUT2D eigenvalue weighted by molar-refractivity contribution is 0.00578. The fourth-order valence-electron chi connectivity index (χ4n) is 2.79. The van der Waals surface area contributed by atoms with Gasteiger partial charge in [0.15, 0.2) is 0 Å². The summed E-state index contributed by atoms with van der Waals surface area (Å²) in [5.74, 6) is 0. The second-order valence-corrected chi connectivity index (χ2v) is 7.36. The number of halogens is 1. The Morgan fingerprint density at radius 2 is 1.57 bits per heavy atom. The maximum Gasteiger partial charge on any atom is 0.496 e. The third-order valence-electron chi connectivity index (χ3n) is 5.14. The van der Waals surface area contributed by atoms with Gasteiger partial charge in [-0.1, -0.05) is 0 Å². The van der Waals surface area contributed by atoms with Crippen molar-refractivity contribution in [1.82, 2.24) is 9.88 Å². The molecule has 2 aliphatic rings. The van der Waals surface area contributed by atoms with Gasteiger partial charge in [0.05, 0.1) is 23.1 Å². The highest BCUT2D eigenvalue weighted by Crippen LogP contribution is 2.36. The van der Waals surface area contributed by atoms with Gasteiger partial charge >= 0.3 is 7.12 Å². The molecule has 23 heavy (non-hydrogen) atoms. The van der Waals surface area contributed by atoms with E-state index >= 15 is 0 Å². The molecular formula is C16H27BClN3O2. The molecule has 0 N–H and O–H groups in total. The number of pyridine rings is 1. The van der Waals surface area contributed by atoms with Gasteiger partial charge in [-0.05, 0) is 40.8 Å². The van der Waals surface area contributed by atoms with Crippen LogP contribution < -0.4 is 10.4 Å². The zero-order valence-electron chi connectivity index (χ0n) is 14.7. The smallest absolute Gasteiger partial charge is 0.399 e. The topological polar surface area (TPSA) is 37.8 Å². The molecule has 0 saturated carbocycles. The third-order valence-corrected chi connectivity index (χ3v) is 5.14. The zero-order valence-corrected chi connectivity index (χ0v) is 15.5. The lowest BCUT2D eigenvalue weighted by atomic mass is 9.80. The molecule has 0 aromatic carbocycles. The summed E-state index contributed by atoms with van der Waals surface area (Å²) in [6.45, 7) is 12.5. The second kappa shape index (κ2) is 6.59. The SMILES string of the molecule is CN1CCN(c2cncc(B3OC(C)(C)C(C)(C)O3)c2)CC1.Cl. The normalized spacial score (nSPS) is 23.7. The fourth-order valence-corrected chi connectivity index (χ4v) is 2.79. The molecule has 3 heterocycles. The first-order valence-corrected chi connectivity index (χ1v) is 8.03. The Kier molecular flexibility index (Phi) is 5.31. The summed E-state index contributed by atoms with van der Waals surface area (Å²) < 4.78 is 12.2. The number of nitrogens with zero attached hydrogens (tertiary/aromatic N) is 3. The third kappa shape index (κ3) is 3.66. The molecule has 1 aromatic rings. The van der Waals surface area contributed by atoms with Crippen molar-refractivity contribution >= 4 is 30.7 Å².